The number of imidazole rings is 1. The third-order valence-corrected chi connectivity index (χ3v) is 5.43. The summed E-state index contributed by atoms with van der Waals surface area (Å²) in [7, 11) is 1.52. The Hall–Kier alpha value is -2.46. The summed E-state index contributed by atoms with van der Waals surface area (Å²) < 4.78 is 45.5. The van der Waals surface area contributed by atoms with E-state index in [0.717, 1.165) is 17.8 Å². The molecule has 0 radical (unpaired) electrons. The van der Waals surface area contributed by atoms with E-state index in [1.807, 2.05) is 0 Å². The van der Waals surface area contributed by atoms with Gasteiger partial charge in [-0.2, -0.15) is 13.2 Å². The number of methoxy groups -OCH3 is 1. The van der Waals surface area contributed by atoms with Crippen molar-refractivity contribution in [2.45, 2.75) is 35.7 Å². The van der Waals surface area contributed by atoms with Crippen molar-refractivity contribution in [2.24, 2.45) is 0 Å². The second-order valence-electron chi connectivity index (χ2n) is 6.01. The lowest BCUT2D eigenvalue weighted by Gasteiger charge is -2.10. The molecule has 6 nitrogen and oxygen atoms in total. The Morgan fingerprint density at radius 3 is 2.72 bits per heavy atom. The van der Waals surface area contributed by atoms with Crippen molar-refractivity contribution in [1.29, 1.82) is 0 Å². The van der Waals surface area contributed by atoms with E-state index >= 15 is 0 Å². The van der Waals surface area contributed by atoms with Gasteiger partial charge in [-0.1, -0.05) is 11.6 Å². The van der Waals surface area contributed by atoms with Gasteiger partial charge in [-0.3, -0.25) is 4.79 Å². The minimum Gasteiger partial charge on any atom is -0.497 e. The zero-order valence-corrected chi connectivity index (χ0v) is 16.6. The Bertz CT molecular complexity index is 1060. The minimum atomic E-state index is -4.54. The predicted molar refractivity (Wildman–Crippen MR) is 102 cm³/mol. The Labute approximate surface area is 172 Å². The SMILES string of the molecule is COc1ccc2nc(Sc3ncc(C(F)(F)F)cc3Cl)n(CCCC(=O)O)c2c1. The van der Waals surface area contributed by atoms with Crippen LogP contribution in [0.25, 0.3) is 11.0 Å². The highest BCUT2D eigenvalue weighted by molar-refractivity contribution is 7.99. The first-order chi connectivity index (χ1) is 13.7. The number of halogens is 4. The van der Waals surface area contributed by atoms with Crippen LogP contribution in [0.1, 0.15) is 18.4 Å². The zero-order valence-electron chi connectivity index (χ0n) is 15.0. The Kier molecular flexibility index (Phi) is 6.23. The van der Waals surface area contributed by atoms with Gasteiger partial charge < -0.3 is 14.4 Å². The maximum atomic E-state index is 12.8. The smallest absolute Gasteiger partial charge is 0.417 e. The first-order valence-electron chi connectivity index (χ1n) is 8.35. The van der Waals surface area contributed by atoms with Gasteiger partial charge in [-0.05, 0) is 36.4 Å². The van der Waals surface area contributed by atoms with Crippen molar-refractivity contribution in [3.05, 3.63) is 41.0 Å². The molecule has 29 heavy (non-hydrogen) atoms. The number of rotatable bonds is 7. The third kappa shape index (κ3) is 4.94. The fourth-order valence-electron chi connectivity index (χ4n) is 2.63. The molecule has 2 aromatic heterocycles. The maximum absolute atomic E-state index is 12.8. The second kappa shape index (κ2) is 8.50. The van der Waals surface area contributed by atoms with Crippen LogP contribution in [0.4, 0.5) is 13.2 Å². The number of pyridine rings is 1. The van der Waals surface area contributed by atoms with Gasteiger partial charge in [0, 0.05) is 25.2 Å². The van der Waals surface area contributed by atoms with Crippen LogP contribution < -0.4 is 4.74 Å². The van der Waals surface area contributed by atoms with E-state index in [2.05, 4.69) is 9.97 Å². The van der Waals surface area contributed by atoms with Crippen LogP contribution in [-0.2, 0) is 17.5 Å². The molecule has 1 aromatic carbocycles. The summed E-state index contributed by atoms with van der Waals surface area (Å²) in [6.45, 7) is 0.344. The number of fused-ring (bicyclic) bond motifs is 1. The highest BCUT2D eigenvalue weighted by Gasteiger charge is 2.31. The number of hydrogen-bond donors (Lipinski definition) is 1. The lowest BCUT2D eigenvalue weighted by molar-refractivity contribution is -0.138. The lowest BCUT2D eigenvalue weighted by atomic mass is 10.2. The van der Waals surface area contributed by atoms with Crippen molar-refractivity contribution in [2.75, 3.05) is 7.11 Å². The number of carboxylic acids is 1. The van der Waals surface area contributed by atoms with E-state index in [4.69, 9.17) is 21.4 Å². The van der Waals surface area contributed by atoms with Crippen LogP contribution in [0.5, 0.6) is 5.75 Å². The molecule has 154 valence electrons. The summed E-state index contributed by atoms with van der Waals surface area (Å²) in [5.74, 6) is -0.326. The summed E-state index contributed by atoms with van der Waals surface area (Å²) in [5, 5.41) is 9.36. The van der Waals surface area contributed by atoms with Crippen LogP contribution >= 0.6 is 23.4 Å². The average Bonchev–Trinajstić information content (AvgIpc) is 2.98. The molecule has 1 N–H and O–H groups in total. The molecule has 11 heteroatoms. The van der Waals surface area contributed by atoms with Crippen LogP contribution in [-0.4, -0.2) is 32.7 Å². The van der Waals surface area contributed by atoms with Crippen LogP contribution in [0.2, 0.25) is 5.02 Å². The number of aryl methyl sites for hydroxylation is 1. The Morgan fingerprint density at radius 1 is 1.34 bits per heavy atom. The van der Waals surface area contributed by atoms with Crippen molar-refractivity contribution in [3.8, 4) is 5.75 Å². The number of aliphatic carboxylic acids is 1. The molecule has 0 spiro atoms. The number of benzene rings is 1. The molecule has 0 unspecified atom stereocenters. The monoisotopic (exact) mass is 445 g/mol. The predicted octanol–water partition coefficient (Wildman–Crippen LogP) is 5.13. The third-order valence-electron chi connectivity index (χ3n) is 4.02. The standard InChI is InChI=1S/C18H15ClF3N3O3S/c1-28-11-4-5-13-14(8-11)25(6-2-3-15(26)27)17(24-13)29-16-12(19)7-10(9-23-16)18(20,21)22/h4-5,7-9H,2-3,6H2,1H3,(H,26,27). The number of aromatic nitrogens is 3. The largest absolute Gasteiger partial charge is 0.497 e. The van der Waals surface area contributed by atoms with Gasteiger partial charge >= 0.3 is 12.1 Å². The molecule has 0 saturated heterocycles. The van der Waals surface area contributed by atoms with E-state index in [-0.39, 0.29) is 16.5 Å². The molecular weight excluding hydrogens is 431 g/mol. The minimum absolute atomic E-state index is 0.0347. The quantitative estimate of drug-likeness (QED) is 0.543. The first kappa shape index (κ1) is 21.3. The maximum Gasteiger partial charge on any atom is 0.417 e. The molecule has 0 atom stereocenters. The molecule has 2 heterocycles. The molecule has 3 aromatic rings. The van der Waals surface area contributed by atoms with Gasteiger partial charge in [-0.25, -0.2) is 9.97 Å². The molecule has 0 aliphatic heterocycles. The molecule has 3 rings (SSSR count). The van der Waals surface area contributed by atoms with E-state index in [0.29, 0.717) is 41.1 Å². The van der Waals surface area contributed by atoms with E-state index < -0.39 is 17.7 Å². The average molecular weight is 446 g/mol. The second-order valence-corrected chi connectivity index (χ2v) is 7.37. The lowest BCUT2D eigenvalue weighted by Crippen LogP contribution is -2.06. The Balaban J connectivity index is 1.98. The number of carboxylic acid groups (broad SMARTS) is 1. The number of alkyl halides is 3. The summed E-state index contributed by atoms with van der Waals surface area (Å²) in [4.78, 5) is 19.2. The van der Waals surface area contributed by atoms with Crippen molar-refractivity contribution in [3.63, 3.8) is 0 Å². The topological polar surface area (TPSA) is 77.2 Å². The normalized spacial score (nSPS) is 11.8. The van der Waals surface area contributed by atoms with Crippen molar-refractivity contribution in [1.82, 2.24) is 14.5 Å². The molecule has 0 aliphatic rings. The van der Waals surface area contributed by atoms with E-state index in [1.54, 1.807) is 22.8 Å². The van der Waals surface area contributed by atoms with Crippen LogP contribution in [0.15, 0.2) is 40.6 Å². The summed E-state index contributed by atoms with van der Waals surface area (Å²) in [6.07, 6.45) is -3.51. The van der Waals surface area contributed by atoms with Crippen LogP contribution in [0, 0.1) is 0 Å². The van der Waals surface area contributed by atoms with Crippen LogP contribution in [0.3, 0.4) is 0 Å². The van der Waals surface area contributed by atoms with E-state index in [9.17, 15) is 18.0 Å². The number of carbonyl (C=O) groups is 1. The zero-order chi connectivity index (χ0) is 21.2. The fourth-order valence-corrected chi connectivity index (χ4v) is 3.79. The highest BCUT2D eigenvalue weighted by Crippen LogP contribution is 2.37. The van der Waals surface area contributed by atoms with Gasteiger partial charge in [0.1, 0.15) is 10.8 Å². The number of nitrogens with zero attached hydrogens (tertiary/aromatic N) is 3. The molecule has 0 saturated carbocycles. The molecule has 0 aliphatic carbocycles. The number of hydrogen-bond acceptors (Lipinski definition) is 5. The summed E-state index contributed by atoms with van der Waals surface area (Å²) in [6, 6.07) is 6.05. The van der Waals surface area contributed by atoms with Gasteiger partial charge in [0.2, 0.25) is 0 Å². The summed E-state index contributed by atoms with van der Waals surface area (Å²) in [5.41, 5.74) is 0.401. The first-order valence-corrected chi connectivity index (χ1v) is 9.55. The van der Waals surface area contributed by atoms with Gasteiger partial charge in [-0.15, -0.1) is 0 Å². The molecule has 0 amide bonds. The fraction of sp³-hybridized carbons (Fsp3) is 0.278. The molecular formula is C18H15ClF3N3O3S. The Morgan fingerprint density at radius 2 is 2.10 bits per heavy atom. The summed E-state index contributed by atoms with van der Waals surface area (Å²) >= 11 is 7.02. The van der Waals surface area contributed by atoms with Crippen molar-refractivity contribution >= 4 is 40.4 Å². The van der Waals surface area contributed by atoms with Gasteiger partial charge in [0.15, 0.2) is 5.16 Å². The van der Waals surface area contributed by atoms with E-state index in [1.165, 1.54) is 7.11 Å². The molecule has 0 fully saturated rings. The van der Waals surface area contributed by atoms with Gasteiger partial charge in [0.05, 0.1) is 28.7 Å². The number of ether oxygens (including phenoxy) is 1. The highest BCUT2D eigenvalue weighted by atomic mass is 35.5. The van der Waals surface area contributed by atoms with Crippen molar-refractivity contribution < 1.29 is 27.8 Å². The van der Waals surface area contributed by atoms with Gasteiger partial charge in [0.25, 0.3) is 0 Å². The molecule has 0 bridgehead atoms.